The zero-order valence-corrected chi connectivity index (χ0v) is 5.53. The summed E-state index contributed by atoms with van der Waals surface area (Å²) in [5, 5.41) is 8.36. The predicted octanol–water partition coefficient (Wildman–Crippen LogP) is 0.833. The molecule has 0 radical (unpaired) electrons. The van der Waals surface area contributed by atoms with E-state index < -0.39 is 0 Å². The topological polar surface area (TPSA) is 45.4 Å². The number of hydrogen-bond acceptors (Lipinski definition) is 4. The van der Waals surface area contributed by atoms with Gasteiger partial charge in [-0.25, -0.2) is 0 Å². The summed E-state index contributed by atoms with van der Waals surface area (Å²) in [6.07, 6.45) is 3.40. The third kappa shape index (κ3) is 2.48. The van der Waals surface area contributed by atoms with Crippen LogP contribution in [-0.4, -0.2) is 18.6 Å². The second kappa shape index (κ2) is 4.47. The van der Waals surface area contributed by atoms with Crippen LogP contribution in [-0.2, 0) is 4.74 Å². The fourth-order valence-electron chi connectivity index (χ4n) is 0.215. The van der Waals surface area contributed by atoms with Gasteiger partial charge in [0.15, 0.2) is 0 Å². The van der Waals surface area contributed by atoms with Gasteiger partial charge in [0.1, 0.15) is 0 Å². The highest BCUT2D eigenvalue weighted by molar-refractivity contribution is 8.12. The van der Waals surface area contributed by atoms with Crippen LogP contribution < -0.4 is 0 Å². The molecule has 0 amide bonds. The van der Waals surface area contributed by atoms with Gasteiger partial charge >= 0.3 is 0 Å². The summed E-state index contributed by atoms with van der Waals surface area (Å²) in [6, 6.07) is 0. The van der Waals surface area contributed by atoms with Gasteiger partial charge in [0.2, 0.25) is 6.19 Å². The Kier molecular flexibility index (Phi) is 4.08. The van der Waals surface area contributed by atoms with Gasteiger partial charge in [-0.3, -0.25) is 0 Å². The van der Waals surface area contributed by atoms with Gasteiger partial charge in [0.05, 0.1) is 7.11 Å². The van der Waals surface area contributed by atoms with Crippen molar-refractivity contribution in [1.82, 2.24) is 0 Å². The summed E-state index contributed by atoms with van der Waals surface area (Å²) in [5.41, 5.74) is 0. The molecule has 3 nitrogen and oxygen atoms in total. The molecule has 0 unspecified atom stereocenters. The molecule has 0 aromatic carbocycles. The number of aliphatic imine (C=N–C) groups is 1. The summed E-state index contributed by atoms with van der Waals surface area (Å²) in [6.45, 7) is 0. The lowest BCUT2D eigenvalue weighted by Gasteiger charge is -1.93. The molecule has 0 saturated heterocycles. The van der Waals surface area contributed by atoms with E-state index >= 15 is 0 Å². The van der Waals surface area contributed by atoms with Crippen LogP contribution in [0.2, 0.25) is 0 Å². The smallest absolute Gasteiger partial charge is 0.260 e. The average Bonchev–Trinajstić information content (AvgIpc) is 1.83. The molecule has 4 heteroatoms. The van der Waals surface area contributed by atoms with Crippen molar-refractivity contribution in [2.45, 2.75) is 0 Å². The monoisotopic (exact) mass is 130 g/mol. The Morgan fingerprint density at radius 2 is 2.50 bits per heavy atom. The molecule has 0 aliphatic heterocycles. The van der Waals surface area contributed by atoms with Crippen molar-refractivity contribution in [3.8, 4) is 6.19 Å². The van der Waals surface area contributed by atoms with Crippen molar-refractivity contribution in [3.05, 3.63) is 0 Å². The van der Waals surface area contributed by atoms with Crippen LogP contribution in [0.25, 0.3) is 0 Å². The Bertz CT molecular complexity index is 120. The summed E-state index contributed by atoms with van der Waals surface area (Å²) in [7, 11) is 1.48. The highest BCUT2D eigenvalue weighted by Crippen LogP contribution is 1.96. The van der Waals surface area contributed by atoms with E-state index in [4.69, 9.17) is 5.26 Å². The Hall–Kier alpha value is -0.690. The maximum atomic E-state index is 7.97. The molecular weight excluding hydrogens is 124 g/mol. The first-order valence-electron chi connectivity index (χ1n) is 1.90. The van der Waals surface area contributed by atoms with Crippen molar-refractivity contribution in [1.29, 1.82) is 5.26 Å². The van der Waals surface area contributed by atoms with Crippen LogP contribution in [0.15, 0.2) is 4.99 Å². The maximum absolute atomic E-state index is 7.97. The third-order valence-electron chi connectivity index (χ3n) is 0.491. The first-order chi connectivity index (χ1) is 3.85. The first-order valence-corrected chi connectivity index (χ1v) is 3.12. The summed E-state index contributed by atoms with van der Waals surface area (Å²) in [5.74, 6) is 0. The van der Waals surface area contributed by atoms with Crippen LogP contribution >= 0.6 is 11.8 Å². The van der Waals surface area contributed by atoms with Gasteiger partial charge < -0.3 is 4.74 Å². The second-order valence-electron chi connectivity index (χ2n) is 0.886. The van der Waals surface area contributed by atoms with Crippen LogP contribution in [0.1, 0.15) is 0 Å². The SMILES string of the molecule is COC(=NC#N)SC. The number of thioether (sulfide) groups is 1. The lowest BCUT2D eigenvalue weighted by atomic mass is 11.3. The van der Waals surface area contributed by atoms with E-state index in [1.54, 1.807) is 12.4 Å². The minimum Gasteiger partial charge on any atom is -0.476 e. The molecule has 0 aromatic rings. The number of nitrogens with zero attached hydrogens (tertiary/aromatic N) is 2. The first kappa shape index (κ1) is 7.31. The van der Waals surface area contributed by atoms with E-state index in [-0.39, 0.29) is 0 Å². The number of rotatable bonds is 0. The molecule has 44 valence electrons. The van der Waals surface area contributed by atoms with Crippen molar-refractivity contribution in [2.75, 3.05) is 13.4 Å². The fourth-order valence-corrected chi connectivity index (χ4v) is 0.514. The molecule has 0 N–H and O–H groups in total. The molecule has 0 aliphatic rings. The molecule has 0 heterocycles. The third-order valence-corrected chi connectivity index (χ3v) is 1.10. The Balaban J connectivity index is 3.72. The Morgan fingerprint density at radius 1 is 1.88 bits per heavy atom. The predicted molar refractivity (Wildman–Crippen MR) is 33.6 cm³/mol. The normalized spacial score (nSPS) is 10.4. The summed E-state index contributed by atoms with van der Waals surface area (Å²) < 4.78 is 4.63. The molecule has 0 spiro atoms. The van der Waals surface area contributed by atoms with E-state index in [9.17, 15) is 0 Å². The summed E-state index contributed by atoms with van der Waals surface area (Å²) >= 11 is 1.30. The number of nitriles is 1. The van der Waals surface area contributed by atoms with Gasteiger partial charge in [-0.05, 0) is 6.26 Å². The van der Waals surface area contributed by atoms with Crippen molar-refractivity contribution < 1.29 is 4.74 Å². The van der Waals surface area contributed by atoms with Crippen LogP contribution in [0.4, 0.5) is 0 Å². The molecule has 0 bridgehead atoms. The standard InChI is InChI=1S/C4H6N2OS/c1-7-4(8-2)6-3-5/h1-2H3. The molecule has 0 rings (SSSR count). The van der Waals surface area contributed by atoms with E-state index in [1.807, 2.05) is 0 Å². The lowest BCUT2D eigenvalue weighted by molar-refractivity contribution is 0.416. The van der Waals surface area contributed by atoms with Crippen molar-refractivity contribution >= 4 is 17.0 Å². The average molecular weight is 130 g/mol. The quantitative estimate of drug-likeness (QED) is 0.277. The highest BCUT2D eigenvalue weighted by Gasteiger charge is 1.89. The Morgan fingerprint density at radius 3 is 2.62 bits per heavy atom. The van der Waals surface area contributed by atoms with E-state index in [2.05, 4.69) is 9.73 Å². The number of ether oxygens (including phenoxy) is 1. The number of hydrogen-bond donors (Lipinski definition) is 0. The van der Waals surface area contributed by atoms with Gasteiger partial charge in [-0.1, -0.05) is 11.8 Å². The second-order valence-corrected chi connectivity index (χ2v) is 1.64. The van der Waals surface area contributed by atoms with Gasteiger partial charge in [-0.15, -0.1) is 4.99 Å². The van der Waals surface area contributed by atoms with E-state index in [0.29, 0.717) is 5.23 Å². The molecule has 0 atom stereocenters. The number of methoxy groups -OCH3 is 1. The zero-order chi connectivity index (χ0) is 6.41. The molecule has 8 heavy (non-hydrogen) atoms. The summed E-state index contributed by atoms with van der Waals surface area (Å²) in [4.78, 5) is 3.32. The van der Waals surface area contributed by atoms with E-state index in [1.165, 1.54) is 18.9 Å². The molecule has 0 aromatic heterocycles. The molecular formula is C4H6N2OS. The fraction of sp³-hybridized carbons (Fsp3) is 0.500. The van der Waals surface area contributed by atoms with Crippen molar-refractivity contribution in [2.24, 2.45) is 4.99 Å². The van der Waals surface area contributed by atoms with Crippen LogP contribution in [0, 0.1) is 11.5 Å². The molecule has 0 saturated carbocycles. The lowest BCUT2D eigenvalue weighted by Crippen LogP contribution is -1.91. The maximum Gasteiger partial charge on any atom is 0.260 e. The molecule has 0 fully saturated rings. The Labute approximate surface area is 52.4 Å². The largest absolute Gasteiger partial charge is 0.476 e. The van der Waals surface area contributed by atoms with Crippen LogP contribution in [0.5, 0.6) is 0 Å². The van der Waals surface area contributed by atoms with Gasteiger partial charge in [-0.2, -0.15) is 5.26 Å². The van der Waals surface area contributed by atoms with E-state index in [0.717, 1.165) is 0 Å². The zero-order valence-electron chi connectivity index (χ0n) is 4.71. The minimum atomic E-state index is 0.396. The van der Waals surface area contributed by atoms with Crippen molar-refractivity contribution in [3.63, 3.8) is 0 Å². The minimum absolute atomic E-state index is 0.396. The van der Waals surface area contributed by atoms with Gasteiger partial charge in [0.25, 0.3) is 5.23 Å². The van der Waals surface area contributed by atoms with Gasteiger partial charge in [0, 0.05) is 0 Å². The highest BCUT2D eigenvalue weighted by atomic mass is 32.2. The van der Waals surface area contributed by atoms with Crippen LogP contribution in [0.3, 0.4) is 0 Å². The molecule has 0 aliphatic carbocycles.